The molecular weight excluding hydrogens is 437 g/mol. The quantitative estimate of drug-likeness (QED) is 0.417. The molecule has 6 heteroatoms. The number of para-hydroxylation sites is 1. The summed E-state index contributed by atoms with van der Waals surface area (Å²) in [4.78, 5) is 13.8. The molecule has 1 aliphatic rings. The molecule has 0 saturated carbocycles. The van der Waals surface area contributed by atoms with E-state index in [2.05, 4.69) is 33.4 Å². The second kappa shape index (κ2) is 10.4. The minimum Gasteiger partial charge on any atom is -0.362 e. The number of guanidine groups is 1. The summed E-state index contributed by atoms with van der Waals surface area (Å²) < 4.78 is 0. The number of anilines is 2. The molecule has 1 saturated heterocycles. The van der Waals surface area contributed by atoms with Crippen LogP contribution in [0.3, 0.4) is 0 Å². The van der Waals surface area contributed by atoms with Crippen LogP contribution >= 0.6 is 24.0 Å². The number of piperidine rings is 1. The summed E-state index contributed by atoms with van der Waals surface area (Å²) in [5, 5.41) is 3.51. The van der Waals surface area contributed by atoms with Gasteiger partial charge in [0.1, 0.15) is 5.82 Å². The summed E-state index contributed by atoms with van der Waals surface area (Å²) in [6.07, 6.45) is 5.59. The number of aliphatic imine (C=N–C) groups is 1. The number of likely N-dealkylation sites (tertiary alicyclic amines) is 1. The predicted octanol–water partition coefficient (Wildman–Crippen LogP) is 4.22. The van der Waals surface area contributed by atoms with Crippen LogP contribution in [0.15, 0.2) is 53.7 Å². The topological polar surface area (TPSA) is 43.8 Å². The van der Waals surface area contributed by atoms with Gasteiger partial charge in [-0.2, -0.15) is 0 Å². The first kappa shape index (κ1) is 20.5. The first-order valence-corrected chi connectivity index (χ1v) is 8.97. The molecule has 1 N–H and O–H groups in total. The average molecular weight is 465 g/mol. The van der Waals surface area contributed by atoms with Gasteiger partial charge < -0.3 is 15.1 Å². The van der Waals surface area contributed by atoms with Gasteiger partial charge in [-0.1, -0.05) is 24.3 Å². The van der Waals surface area contributed by atoms with E-state index in [9.17, 15) is 0 Å². The van der Waals surface area contributed by atoms with Crippen molar-refractivity contribution in [1.29, 1.82) is 0 Å². The molecule has 26 heavy (non-hydrogen) atoms. The Morgan fingerprint density at radius 3 is 2.50 bits per heavy atom. The van der Waals surface area contributed by atoms with E-state index in [0.717, 1.165) is 36.1 Å². The van der Waals surface area contributed by atoms with Crippen LogP contribution in [0, 0.1) is 0 Å². The Kier molecular flexibility index (Phi) is 8.15. The number of nitrogens with one attached hydrogen (secondary N) is 1. The highest BCUT2D eigenvalue weighted by atomic mass is 127. The molecule has 2 heterocycles. The third kappa shape index (κ3) is 5.59. The van der Waals surface area contributed by atoms with Crippen LogP contribution in [0.1, 0.15) is 24.8 Å². The van der Waals surface area contributed by atoms with Crippen molar-refractivity contribution in [2.75, 3.05) is 37.4 Å². The van der Waals surface area contributed by atoms with Crippen LogP contribution < -0.4 is 10.2 Å². The van der Waals surface area contributed by atoms with Gasteiger partial charge >= 0.3 is 0 Å². The Balaban J connectivity index is 0.00000243. The lowest BCUT2D eigenvalue weighted by Crippen LogP contribution is -2.40. The zero-order valence-corrected chi connectivity index (χ0v) is 17.9. The van der Waals surface area contributed by atoms with Gasteiger partial charge in [0.15, 0.2) is 5.96 Å². The highest BCUT2D eigenvalue weighted by molar-refractivity contribution is 14.0. The fraction of sp³-hybridized carbons (Fsp3) is 0.400. The van der Waals surface area contributed by atoms with E-state index >= 15 is 0 Å². The third-order valence-corrected chi connectivity index (χ3v) is 4.38. The van der Waals surface area contributed by atoms with Crippen molar-refractivity contribution in [1.82, 2.24) is 9.88 Å². The van der Waals surface area contributed by atoms with Crippen molar-refractivity contribution in [2.24, 2.45) is 4.99 Å². The fourth-order valence-electron chi connectivity index (χ4n) is 3.09. The van der Waals surface area contributed by atoms with Gasteiger partial charge in [-0.05, 0) is 37.5 Å². The van der Waals surface area contributed by atoms with E-state index in [1.807, 2.05) is 49.5 Å². The monoisotopic (exact) mass is 465 g/mol. The molecule has 0 bridgehead atoms. The van der Waals surface area contributed by atoms with Crippen molar-refractivity contribution in [3.8, 4) is 0 Å². The Hall–Kier alpha value is -1.83. The van der Waals surface area contributed by atoms with Crippen molar-refractivity contribution in [3.05, 3.63) is 54.2 Å². The zero-order valence-electron chi connectivity index (χ0n) is 15.6. The number of benzene rings is 1. The molecule has 0 atom stereocenters. The van der Waals surface area contributed by atoms with E-state index in [1.54, 1.807) is 0 Å². The van der Waals surface area contributed by atoms with Crippen LogP contribution in [-0.4, -0.2) is 43.0 Å². The zero-order chi connectivity index (χ0) is 17.5. The van der Waals surface area contributed by atoms with E-state index in [0.29, 0.717) is 6.54 Å². The molecular formula is C20H28IN5. The van der Waals surface area contributed by atoms with Crippen molar-refractivity contribution >= 4 is 41.4 Å². The molecule has 0 spiro atoms. The molecule has 0 amide bonds. The summed E-state index contributed by atoms with van der Waals surface area (Å²) in [5.41, 5.74) is 2.21. The summed E-state index contributed by atoms with van der Waals surface area (Å²) in [5.74, 6) is 1.93. The van der Waals surface area contributed by atoms with Crippen molar-refractivity contribution in [2.45, 2.75) is 25.8 Å². The molecule has 140 valence electrons. The molecule has 1 aliphatic heterocycles. The number of aromatic nitrogens is 1. The number of rotatable bonds is 4. The summed E-state index contributed by atoms with van der Waals surface area (Å²) in [6.45, 7) is 2.74. The second-order valence-electron chi connectivity index (χ2n) is 6.56. The number of hydrogen-bond acceptors (Lipinski definition) is 3. The first-order chi connectivity index (χ1) is 12.2. The normalized spacial score (nSPS) is 14.5. The maximum absolute atomic E-state index is 4.92. The predicted molar refractivity (Wildman–Crippen MR) is 121 cm³/mol. The van der Waals surface area contributed by atoms with Gasteiger partial charge in [-0.15, -0.1) is 24.0 Å². The van der Waals surface area contributed by atoms with Crippen LogP contribution in [0.25, 0.3) is 0 Å². The first-order valence-electron chi connectivity index (χ1n) is 8.97. The lowest BCUT2D eigenvalue weighted by molar-refractivity contribution is 0.340. The minimum atomic E-state index is 0. The Morgan fingerprint density at radius 1 is 1.08 bits per heavy atom. The average Bonchev–Trinajstić information content (AvgIpc) is 2.67. The van der Waals surface area contributed by atoms with E-state index in [4.69, 9.17) is 4.99 Å². The molecule has 0 aliphatic carbocycles. The molecule has 1 aromatic heterocycles. The number of pyridine rings is 1. The maximum Gasteiger partial charge on any atom is 0.198 e. The number of hydrogen-bond donors (Lipinski definition) is 1. The highest BCUT2D eigenvalue weighted by Gasteiger charge is 2.15. The van der Waals surface area contributed by atoms with E-state index < -0.39 is 0 Å². The number of halogens is 1. The summed E-state index contributed by atoms with van der Waals surface area (Å²) >= 11 is 0. The lowest BCUT2D eigenvalue weighted by atomic mass is 10.1. The Morgan fingerprint density at radius 2 is 1.81 bits per heavy atom. The summed E-state index contributed by atoms with van der Waals surface area (Å²) in [7, 11) is 4.03. The Bertz CT molecular complexity index is 696. The maximum atomic E-state index is 4.92. The van der Waals surface area contributed by atoms with Crippen molar-refractivity contribution < 1.29 is 0 Å². The van der Waals surface area contributed by atoms with Gasteiger partial charge in [0, 0.05) is 44.6 Å². The van der Waals surface area contributed by atoms with Gasteiger partial charge in [0.05, 0.1) is 6.54 Å². The Labute approximate surface area is 173 Å². The molecule has 5 nitrogen and oxygen atoms in total. The molecule has 0 unspecified atom stereocenters. The molecule has 3 rings (SSSR count). The molecule has 1 aromatic carbocycles. The van der Waals surface area contributed by atoms with Crippen LogP contribution in [0.5, 0.6) is 0 Å². The highest BCUT2D eigenvalue weighted by Crippen LogP contribution is 2.17. The number of nitrogens with zero attached hydrogens (tertiary/aromatic N) is 4. The largest absolute Gasteiger partial charge is 0.362 e. The van der Waals surface area contributed by atoms with Gasteiger partial charge in [-0.3, -0.25) is 0 Å². The van der Waals surface area contributed by atoms with Crippen molar-refractivity contribution in [3.63, 3.8) is 0 Å². The molecule has 1 fully saturated rings. The molecule has 2 aromatic rings. The third-order valence-electron chi connectivity index (χ3n) is 4.38. The lowest BCUT2D eigenvalue weighted by Gasteiger charge is -2.30. The second-order valence-corrected chi connectivity index (χ2v) is 6.56. The summed E-state index contributed by atoms with van der Waals surface area (Å²) in [6, 6.07) is 14.3. The van der Waals surface area contributed by atoms with E-state index in [-0.39, 0.29) is 24.0 Å². The standard InChI is InChI=1S/C20H27N5.HI/c1-24(2)19-17(10-9-13-21-19)16-22-20(25-14-7-4-8-15-25)23-18-11-5-3-6-12-18;/h3,5-6,9-13H,4,7-8,14-16H2,1-2H3,(H,22,23);1H. The van der Waals surface area contributed by atoms with Crippen LogP contribution in [0.4, 0.5) is 11.5 Å². The molecule has 0 radical (unpaired) electrons. The minimum absolute atomic E-state index is 0. The van der Waals surface area contributed by atoms with Crippen LogP contribution in [-0.2, 0) is 6.54 Å². The fourth-order valence-corrected chi connectivity index (χ4v) is 3.09. The van der Waals surface area contributed by atoms with Gasteiger partial charge in [0.25, 0.3) is 0 Å². The smallest absolute Gasteiger partial charge is 0.198 e. The van der Waals surface area contributed by atoms with Crippen LogP contribution in [0.2, 0.25) is 0 Å². The van der Waals surface area contributed by atoms with Gasteiger partial charge in [-0.25, -0.2) is 9.98 Å². The van der Waals surface area contributed by atoms with Gasteiger partial charge in [0.2, 0.25) is 0 Å². The SMILES string of the molecule is CN(C)c1ncccc1CN=C(Nc1ccccc1)N1CCCCC1.I. The van der Waals surface area contributed by atoms with E-state index in [1.165, 1.54) is 19.3 Å².